The Morgan fingerprint density at radius 2 is 2.21 bits per heavy atom. The molecule has 0 atom stereocenters. The molecule has 1 saturated carbocycles. The van der Waals surface area contributed by atoms with Crippen LogP contribution in [0.1, 0.15) is 50.3 Å². The Kier molecular flexibility index (Phi) is 4.82. The maximum Gasteiger partial charge on any atom is 0.317 e. The van der Waals surface area contributed by atoms with Gasteiger partial charge >= 0.3 is 6.03 Å². The maximum absolute atomic E-state index is 12.3. The number of aromatic nitrogens is 2. The Bertz CT molecular complexity index is 409. The third kappa shape index (κ3) is 3.49. The predicted molar refractivity (Wildman–Crippen MR) is 74.8 cm³/mol. The maximum atomic E-state index is 12.3. The minimum Gasteiger partial charge on any atom is -0.334 e. The summed E-state index contributed by atoms with van der Waals surface area (Å²) < 4.78 is 0. The van der Waals surface area contributed by atoms with E-state index < -0.39 is 0 Å². The van der Waals surface area contributed by atoms with E-state index >= 15 is 0 Å². The smallest absolute Gasteiger partial charge is 0.317 e. The summed E-state index contributed by atoms with van der Waals surface area (Å²) in [7, 11) is 0. The van der Waals surface area contributed by atoms with E-state index in [-0.39, 0.29) is 6.03 Å². The molecule has 106 valence electrons. The molecule has 0 bridgehead atoms. The normalized spacial score (nSPS) is 16.3. The molecular formula is C14H24N4O. The Morgan fingerprint density at radius 3 is 2.79 bits per heavy atom. The van der Waals surface area contributed by atoms with Crippen molar-refractivity contribution in [3.8, 4) is 0 Å². The van der Waals surface area contributed by atoms with Gasteiger partial charge in [-0.05, 0) is 26.7 Å². The standard InChI is InChI=1S/C14H24N4O/c1-3-18(13-7-5-4-6-8-13)14(19)15-9-12-10-16-17-11(12)2/h10,13H,3-9H2,1-2H3,(H,15,19)(H,16,17). The molecule has 0 spiro atoms. The van der Waals surface area contributed by atoms with E-state index in [1.165, 1.54) is 19.3 Å². The largest absolute Gasteiger partial charge is 0.334 e. The fourth-order valence-corrected chi connectivity index (χ4v) is 2.79. The minimum absolute atomic E-state index is 0.0509. The average molecular weight is 264 g/mol. The number of hydrogen-bond acceptors (Lipinski definition) is 2. The van der Waals surface area contributed by atoms with Crippen LogP contribution in [-0.2, 0) is 6.54 Å². The van der Waals surface area contributed by atoms with Crippen LogP contribution in [0.4, 0.5) is 4.79 Å². The van der Waals surface area contributed by atoms with Gasteiger partial charge < -0.3 is 10.2 Å². The molecule has 19 heavy (non-hydrogen) atoms. The summed E-state index contributed by atoms with van der Waals surface area (Å²) in [5.74, 6) is 0. The minimum atomic E-state index is 0.0509. The number of amides is 2. The van der Waals surface area contributed by atoms with E-state index in [1.807, 2.05) is 11.8 Å². The van der Waals surface area contributed by atoms with Crippen LogP contribution in [-0.4, -0.2) is 33.7 Å². The van der Waals surface area contributed by atoms with Crippen LogP contribution in [0, 0.1) is 6.92 Å². The molecular weight excluding hydrogens is 240 g/mol. The lowest BCUT2D eigenvalue weighted by molar-refractivity contribution is 0.159. The number of carbonyl (C=O) groups excluding carboxylic acids is 1. The first-order chi connectivity index (χ1) is 9.22. The number of aromatic amines is 1. The number of nitrogens with zero attached hydrogens (tertiary/aromatic N) is 2. The molecule has 1 fully saturated rings. The van der Waals surface area contributed by atoms with Crippen LogP contribution in [0.25, 0.3) is 0 Å². The molecule has 1 aromatic heterocycles. The van der Waals surface area contributed by atoms with Crippen molar-refractivity contribution in [2.75, 3.05) is 6.54 Å². The molecule has 0 aromatic carbocycles. The van der Waals surface area contributed by atoms with Gasteiger partial charge in [0.2, 0.25) is 0 Å². The number of H-pyrrole nitrogens is 1. The SMILES string of the molecule is CCN(C(=O)NCc1cn[nH]c1C)C1CCCCC1. The summed E-state index contributed by atoms with van der Waals surface area (Å²) in [5, 5.41) is 9.85. The highest BCUT2D eigenvalue weighted by Crippen LogP contribution is 2.22. The van der Waals surface area contributed by atoms with Gasteiger partial charge in [0, 0.05) is 30.4 Å². The van der Waals surface area contributed by atoms with Crippen molar-refractivity contribution >= 4 is 6.03 Å². The van der Waals surface area contributed by atoms with Crippen LogP contribution >= 0.6 is 0 Å². The van der Waals surface area contributed by atoms with E-state index in [2.05, 4.69) is 22.4 Å². The topological polar surface area (TPSA) is 61.0 Å². The molecule has 0 aliphatic heterocycles. The summed E-state index contributed by atoms with van der Waals surface area (Å²) in [6.45, 7) is 5.34. The first-order valence-electron chi connectivity index (χ1n) is 7.25. The van der Waals surface area contributed by atoms with Crippen molar-refractivity contribution in [3.63, 3.8) is 0 Å². The van der Waals surface area contributed by atoms with Crippen LogP contribution in [0.5, 0.6) is 0 Å². The number of nitrogens with one attached hydrogen (secondary N) is 2. The van der Waals surface area contributed by atoms with E-state index in [0.717, 1.165) is 30.6 Å². The highest BCUT2D eigenvalue weighted by Gasteiger charge is 2.23. The zero-order chi connectivity index (χ0) is 13.7. The molecule has 5 heteroatoms. The zero-order valence-electron chi connectivity index (χ0n) is 11.9. The summed E-state index contributed by atoms with van der Waals surface area (Å²) in [4.78, 5) is 14.2. The predicted octanol–water partition coefficient (Wildman–Crippen LogP) is 2.58. The van der Waals surface area contributed by atoms with E-state index in [0.29, 0.717) is 12.6 Å². The number of rotatable bonds is 4. The van der Waals surface area contributed by atoms with Crippen molar-refractivity contribution < 1.29 is 4.79 Å². The molecule has 2 N–H and O–H groups in total. The van der Waals surface area contributed by atoms with Crippen LogP contribution in [0.2, 0.25) is 0 Å². The number of aryl methyl sites for hydroxylation is 1. The van der Waals surface area contributed by atoms with Gasteiger partial charge in [-0.2, -0.15) is 5.10 Å². The Balaban J connectivity index is 1.87. The lowest BCUT2D eigenvalue weighted by Crippen LogP contribution is -2.46. The molecule has 0 saturated heterocycles. The lowest BCUT2D eigenvalue weighted by Gasteiger charge is -2.33. The summed E-state index contributed by atoms with van der Waals surface area (Å²) in [6, 6.07) is 0.471. The molecule has 0 unspecified atom stereocenters. The van der Waals surface area contributed by atoms with E-state index in [4.69, 9.17) is 0 Å². The van der Waals surface area contributed by atoms with Gasteiger partial charge in [-0.15, -0.1) is 0 Å². The van der Waals surface area contributed by atoms with Gasteiger partial charge in [-0.1, -0.05) is 19.3 Å². The van der Waals surface area contributed by atoms with Gasteiger partial charge in [0.1, 0.15) is 0 Å². The molecule has 1 heterocycles. The van der Waals surface area contributed by atoms with Crippen LogP contribution in [0.3, 0.4) is 0 Å². The van der Waals surface area contributed by atoms with Gasteiger partial charge in [0.15, 0.2) is 0 Å². The first-order valence-corrected chi connectivity index (χ1v) is 7.25. The highest BCUT2D eigenvalue weighted by atomic mass is 16.2. The van der Waals surface area contributed by atoms with Gasteiger partial charge in [0.05, 0.1) is 6.20 Å². The van der Waals surface area contributed by atoms with Gasteiger partial charge in [-0.3, -0.25) is 5.10 Å². The second kappa shape index (κ2) is 6.59. The lowest BCUT2D eigenvalue weighted by atomic mass is 9.94. The molecule has 1 aromatic rings. The fourth-order valence-electron chi connectivity index (χ4n) is 2.79. The molecule has 1 aliphatic carbocycles. The van der Waals surface area contributed by atoms with Crippen LogP contribution < -0.4 is 5.32 Å². The van der Waals surface area contributed by atoms with Crippen molar-refractivity contribution in [2.24, 2.45) is 0 Å². The Labute approximate surface area is 114 Å². The third-order valence-corrected chi connectivity index (χ3v) is 3.98. The summed E-state index contributed by atoms with van der Waals surface area (Å²) in [5.41, 5.74) is 2.06. The van der Waals surface area contributed by atoms with Crippen molar-refractivity contribution in [1.29, 1.82) is 0 Å². The first kappa shape index (κ1) is 13.9. The average Bonchev–Trinajstić information content (AvgIpc) is 2.84. The van der Waals surface area contributed by atoms with Gasteiger partial charge in [0.25, 0.3) is 0 Å². The molecule has 2 rings (SSSR count). The fraction of sp³-hybridized carbons (Fsp3) is 0.714. The molecule has 2 amide bonds. The monoisotopic (exact) mass is 264 g/mol. The van der Waals surface area contributed by atoms with Crippen LogP contribution in [0.15, 0.2) is 6.20 Å². The summed E-state index contributed by atoms with van der Waals surface area (Å²) >= 11 is 0. The molecule has 5 nitrogen and oxygen atoms in total. The Morgan fingerprint density at radius 1 is 1.47 bits per heavy atom. The number of urea groups is 1. The Hall–Kier alpha value is -1.52. The van der Waals surface area contributed by atoms with Crippen molar-refractivity contribution in [1.82, 2.24) is 20.4 Å². The second-order valence-corrected chi connectivity index (χ2v) is 5.26. The third-order valence-electron chi connectivity index (χ3n) is 3.98. The van der Waals surface area contributed by atoms with Crippen molar-refractivity contribution in [2.45, 2.75) is 58.5 Å². The molecule has 1 aliphatic rings. The highest BCUT2D eigenvalue weighted by molar-refractivity contribution is 5.74. The van der Waals surface area contributed by atoms with E-state index in [1.54, 1.807) is 6.20 Å². The second-order valence-electron chi connectivity index (χ2n) is 5.26. The summed E-state index contributed by atoms with van der Waals surface area (Å²) in [6.07, 6.45) is 7.86. The van der Waals surface area contributed by atoms with E-state index in [9.17, 15) is 4.79 Å². The zero-order valence-corrected chi connectivity index (χ0v) is 11.9. The number of carbonyl (C=O) groups is 1. The quantitative estimate of drug-likeness (QED) is 0.878. The van der Waals surface area contributed by atoms with Gasteiger partial charge in [-0.25, -0.2) is 4.79 Å². The van der Waals surface area contributed by atoms with Crippen molar-refractivity contribution in [3.05, 3.63) is 17.5 Å². The molecule has 0 radical (unpaired) electrons. The number of hydrogen-bond donors (Lipinski definition) is 2.